The van der Waals surface area contributed by atoms with E-state index < -0.39 is 11.8 Å². The summed E-state index contributed by atoms with van der Waals surface area (Å²) >= 11 is 0. The molecule has 0 bridgehead atoms. The van der Waals surface area contributed by atoms with Gasteiger partial charge in [0.05, 0.1) is 0 Å². The summed E-state index contributed by atoms with van der Waals surface area (Å²) in [7, 11) is 0. The number of ether oxygens (including phenoxy) is 1. The van der Waals surface area contributed by atoms with Crippen molar-refractivity contribution in [3.63, 3.8) is 0 Å². The molecule has 2 aromatic rings. The highest BCUT2D eigenvalue weighted by atomic mass is 19.1. The van der Waals surface area contributed by atoms with Crippen LogP contribution in [0.5, 0.6) is 0 Å². The minimum absolute atomic E-state index is 0.102. The maximum Gasteiger partial charge on any atom is 0.363 e. The minimum atomic E-state index is -0.566. The molecular weight excluding hydrogens is 305 g/mol. The van der Waals surface area contributed by atoms with E-state index in [0.29, 0.717) is 5.56 Å². The van der Waals surface area contributed by atoms with Gasteiger partial charge < -0.3 is 4.74 Å². The van der Waals surface area contributed by atoms with Crippen LogP contribution in [0.25, 0.3) is 6.08 Å². The van der Waals surface area contributed by atoms with Crippen molar-refractivity contribution in [2.75, 3.05) is 0 Å². The second-order valence-corrected chi connectivity index (χ2v) is 5.66. The van der Waals surface area contributed by atoms with Crippen molar-refractivity contribution in [2.24, 2.45) is 4.99 Å². The molecule has 0 amide bonds. The summed E-state index contributed by atoms with van der Waals surface area (Å²) in [6.45, 7) is 2.16. The fraction of sp³-hybridized carbons (Fsp3) is 0.200. The van der Waals surface area contributed by atoms with Crippen molar-refractivity contribution >= 4 is 17.9 Å². The van der Waals surface area contributed by atoms with Gasteiger partial charge in [0.25, 0.3) is 0 Å². The van der Waals surface area contributed by atoms with Crippen LogP contribution in [0.3, 0.4) is 0 Å². The highest BCUT2D eigenvalue weighted by molar-refractivity contribution is 6.12. The second kappa shape index (κ2) is 7.21. The zero-order valence-corrected chi connectivity index (χ0v) is 13.5. The predicted octanol–water partition coefficient (Wildman–Crippen LogP) is 4.51. The normalized spacial score (nSPS) is 15.5. The Morgan fingerprint density at radius 1 is 1.12 bits per heavy atom. The molecule has 1 heterocycles. The molecule has 24 heavy (non-hydrogen) atoms. The third-order valence-corrected chi connectivity index (χ3v) is 3.84. The van der Waals surface area contributed by atoms with Crippen molar-refractivity contribution in [1.29, 1.82) is 0 Å². The summed E-state index contributed by atoms with van der Waals surface area (Å²) in [4.78, 5) is 16.2. The number of aliphatic imine (C=N–C) groups is 1. The molecule has 122 valence electrons. The number of cyclic esters (lactones) is 1. The number of halogens is 1. The molecular formula is C20H18FNO2. The van der Waals surface area contributed by atoms with Gasteiger partial charge in [-0.3, -0.25) is 0 Å². The molecule has 0 aromatic heterocycles. The molecule has 0 saturated carbocycles. The van der Waals surface area contributed by atoms with E-state index in [1.165, 1.54) is 17.7 Å². The molecule has 0 spiro atoms. The zero-order chi connectivity index (χ0) is 16.9. The van der Waals surface area contributed by atoms with Crippen LogP contribution in [0.1, 0.15) is 36.5 Å². The van der Waals surface area contributed by atoms with E-state index in [0.717, 1.165) is 24.8 Å². The van der Waals surface area contributed by atoms with Gasteiger partial charge in [-0.1, -0.05) is 43.7 Å². The molecule has 1 aliphatic rings. The number of carbonyl (C=O) groups is 1. The van der Waals surface area contributed by atoms with Crippen LogP contribution in [0.15, 0.2) is 59.2 Å². The van der Waals surface area contributed by atoms with Crippen molar-refractivity contribution in [1.82, 2.24) is 0 Å². The van der Waals surface area contributed by atoms with E-state index in [1.807, 2.05) is 24.3 Å². The third-order valence-electron chi connectivity index (χ3n) is 3.84. The Labute approximate surface area is 140 Å². The maximum atomic E-state index is 13.7. The first-order chi connectivity index (χ1) is 11.7. The summed E-state index contributed by atoms with van der Waals surface area (Å²) < 4.78 is 18.9. The van der Waals surface area contributed by atoms with Gasteiger partial charge in [0.15, 0.2) is 5.70 Å². The number of nitrogens with zero attached hydrogens (tertiary/aromatic N) is 1. The number of esters is 1. The molecule has 2 aromatic carbocycles. The quantitative estimate of drug-likeness (QED) is 0.600. The van der Waals surface area contributed by atoms with E-state index >= 15 is 0 Å². The van der Waals surface area contributed by atoms with Gasteiger partial charge in [-0.25, -0.2) is 14.2 Å². The Morgan fingerprint density at radius 3 is 2.58 bits per heavy atom. The fourth-order valence-corrected chi connectivity index (χ4v) is 2.47. The predicted molar refractivity (Wildman–Crippen MR) is 92.1 cm³/mol. The smallest absolute Gasteiger partial charge is 0.363 e. The lowest BCUT2D eigenvalue weighted by molar-refractivity contribution is -0.129. The Morgan fingerprint density at radius 2 is 1.88 bits per heavy atom. The minimum Gasteiger partial charge on any atom is -0.402 e. The van der Waals surface area contributed by atoms with Crippen LogP contribution in [-0.2, 0) is 16.0 Å². The van der Waals surface area contributed by atoms with Gasteiger partial charge in [-0.15, -0.1) is 0 Å². The summed E-state index contributed by atoms with van der Waals surface area (Å²) in [5, 5.41) is 0. The average Bonchev–Trinajstić information content (AvgIpc) is 2.96. The molecule has 0 aliphatic carbocycles. The van der Waals surface area contributed by atoms with Gasteiger partial charge in [0.2, 0.25) is 5.90 Å². The lowest BCUT2D eigenvalue weighted by Gasteiger charge is -2.02. The molecule has 1 aliphatic heterocycles. The molecule has 3 rings (SSSR count). The summed E-state index contributed by atoms with van der Waals surface area (Å²) in [6, 6.07) is 14.0. The number of hydrogen-bond acceptors (Lipinski definition) is 3. The van der Waals surface area contributed by atoms with Crippen LogP contribution >= 0.6 is 0 Å². The van der Waals surface area contributed by atoms with Crippen LogP contribution in [0, 0.1) is 5.82 Å². The maximum absolute atomic E-state index is 13.7. The van der Waals surface area contributed by atoms with Crippen molar-refractivity contribution < 1.29 is 13.9 Å². The molecule has 0 fully saturated rings. The van der Waals surface area contributed by atoms with E-state index in [-0.39, 0.29) is 11.6 Å². The van der Waals surface area contributed by atoms with E-state index in [1.54, 1.807) is 18.2 Å². The first-order valence-corrected chi connectivity index (χ1v) is 8.04. The monoisotopic (exact) mass is 323 g/mol. The summed E-state index contributed by atoms with van der Waals surface area (Å²) in [5.74, 6) is -0.713. The molecule has 0 N–H and O–H groups in total. The first-order valence-electron chi connectivity index (χ1n) is 8.04. The molecule has 3 nitrogen and oxygen atoms in total. The third kappa shape index (κ3) is 3.59. The number of aryl methyl sites for hydroxylation is 1. The average molecular weight is 323 g/mol. The van der Waals surface area contributed by atoms with Crippen LogP contribution < -0.4 is 0 Å². The molecule has 4 heteroatoms. The van der Waals surface area contributed by atoms with Gasteiger partial charge in [0, 0.05) is 11.1 Å². The molecule has 0 atom stereocenters. The molecule has 0 saturated heterocycles. The van der Waals surface area contributed by atoms with Crippen LogP contribution in [-0.4, -0.2) is 11.9 Å². The van der Waals surface area contributed by atoms with Gasteiger partial charge in [-0.05, 0) is 42.7 Å². The van der Waals surface area contributed by atoms with Gasteiger partial charge >= 0.3 is 5.97 Å². The SMILES string of the molecule is CCCCc1ccc(C2=N/C(=C\c3ccccc3F)C(=O)O2)cc1. The van der Waals surface area contributed by atoms with Crippen LogP contribution in [0.2, 0.25) is 0 Å². The Hall–Kier alpha value is -2.75. The van der Waals surface area contributed by atoms with E-state index in [9.17, 15) is 9.18 Å². The Kier molecular flexibility index (Phi) is 4.85. The first kappa shape index (κ1) is 16.1. The number of hydrogen-bond donors (Lipinski definition) is 0. The fourth-order valence-electron chi connectivity index (χ4n) is 2.47. The highest BCUT2D eigenvalue weighted by Crippen LogP contribution is 2.20. The second-order valence-electron chi connectivity index (χ2n) is 5.66. The van der Waals surface area contributed by atoms with Crippen molar-refractivity contribution in [3.05, 3.63) is 76.7 Å². The van der Waals surface area contributed by atoms with Crippen molar-refractivity contribution in [2.45, 2.75) is 26.2 Å². The highest BCUT2D eigenvalue weighted by Gasteiger charge is 2.24. The zero-order valence-electron chi connectivity index (χ0n) is 13.5. The van der Waals surface area contributed by atoms with E-state index in [2.05, 4.69) is 11.9 Å². The van der Waals surface area contributed by atoms with E-state index in [4.69, 9.17) is 4.74 Å². The number of rotatable bonds is 5. The Balaban J connectivity index is 1.83. The number of benzene rings is 2. The number of unbranched alkanes of at least 4 members (excludes halogenated alkanes) is 1. The van der Waals surface area contributed by atoms with Gasteiger partial charge in [0.1, 0.15) is 5.82 Å². The summed E-state index contributed by atoms with van der Waals surface area (Å²) in [5.41, 5.74) is 2.39. The Bertz CT molecular complexity index is 807. The lowest BCUT2D eigenvalue weighted by Crippen LogP contribution is -2.05. The summed E-state index contributed by atoms with van der Waals surface area (Å²) in [6.07, 6.45) is 4.73. The number of carbonyl (C=O) groups excluding carboxylic acids is 1. The molecule has 0 unspecified atom stereocenters. The lowest BCUT2D eigenvalue weighted by atomic mass is 10.1. The van der Waals surface area contributed by atoms with Gasteiger partial charge in [-0.2, -0.15) is 0 Å². The standard InChI is InChI=1S/C20H18FNO2/c1-2-3-6-14-9-11-15(12-10-14)19-22-18(20(23)24-19)13-16-7-4-5-8-17(16)21/h4-5,7-13H,2-3,6H2,1H3/b18-13-. The topological polar surface area (TPSA) is 38.7 Å². The molecule has 0 radical (unpaired) electrons. The largest absolute Gasteiger partial charge is 0.402 e. The van der Waals surface area contributed by atoms with Crippen LogP contribution in [0.4, 0.5) is 4.39 Å². The van der Waals surface area contributed by atoms with Crippen molar-refractivity contribution in [3.8, 4) is 0 Å².